The summed E-state index contributed by atoms with van der Waals surface area (Å²) >= 11 is 0. The van der Waals surface area contributed by atoms with Crippen LogP contribution in [0.2, 0.25) is 0 Å². The molecule has 2 heterocycles. The van der Waals surface area contributed by atoms with Crippen LogP contribution in [-0.2, 0) is 6.54 Å². The SMILES string of the molecule is CC(C)c1coc(CN2CCN(C)CC2)c1. The van der Waals surface area contributed by atoms with Gasteiger partial charge < -0.3 is 9.32 Å². The minimum Gasteiger partial charge on any atom is -0.468 e. The summed E-state index contributed by atoms with van der Waals surface area (Å²) in [5.74, 6) is 1.67. The minimum absolute atomic E-state index is 0.560. The van der Waals surface area contributed by atoms with Gasteiger partial charge in [0.25, 0.3) is 0 Å². The Labute approximate surface area is 98.0 Å². The zero-order chi connectivity index (χ0) is 11.5. The van der Waals surface area contributed by atoms with E-state index in [0.29, 0.717) is 5.92 Å². The van der Waals surface area contributed by atoms with Gasteiger partial charge in [0, 0.05) is 26.2 Å². The van der Waals surface area contributed by atoms with Gasteiger partial charge in [0.05, 0.1) is 12.8 Å². The lowest BCUT2D eigenvalue weighted by Crippen LogP contribution is -2.43. The molecule has 0 aromatic carbocycles. The molecule has 0 amide bonds. The van der Waals surface area contributed by atoms with Gasteiger partial charge in [0.15, 0.2) is 0 Å². The molecule has 3 nitrogen and oxygen atoms in total. The fourth-order valence-electron chi connectivity index (χ4n) is 2.01. The maximum Gasteiger partial charge on any atom is 0.118 e. The average molecular weight is 222 g/mol. The van der Waals surface area contributed by atoms with Crippen molar-refractivity contribution in [3.63, 3.8) is 0 Å². The lowest BCUT2D eigenvalue weighted by Gasteiger charge is -2.31. The van der Waals surface area contributed by atoms with E-state index >= 15 is 0 Å². The third-order valence-electron chi connectivity index (χ3n) is 3.32. The van der Waals surface area contributed by atoms with Crippen molar-refractivity contribution >= 4 is 0 Å². The number of hydrogen-bond donors (Lipinski definition) is 0. The molecule has 1 fully saturated rings. The van der Waals surface area contributed by atoms with Gasteiger partial charge in [-0.15, -0.1) is 0 Å². The predicted octanol–water partition coefficient (Wildman–Crippen LogP) is 2.15. The van der Waals surface area contributed by atoms with E-state index in [1.807, 2.05) is 6.26 Å². The molecule has 0 atom stereocenters. The summed E-state index contributed by atoms with van der Waals surface area (Å²) in [6.07, 6.45) is 1.90. The van der Waals surface area contributed by atoms with Crippen LogP contribution in [0.15, 0.2) is 16.7 Å². The van der Waals surface area contributed by atoms with E-state index in [2.05, 4.69) is 36.8 Å². The second-order valence-electron chi connectivity index (χ2n) is 5.08. The standard InChI is InChI=1S/C13H22N2O/c1-11(2)12-8-13(16-10-12)9-15-6-4-14(3)5-7-15/h8,10-11H,4-7,9H2,1-3H3. The average Bonchev–Trinajstić information content (AvgIpc) is 2.70. The van der Waals surface area contributed by atoms with Crippen LogP contribution in [0.5, 0.6) is 0 Å². The van der Waals surface area contributed by atoms with Crippen molar-refractivity contribution in [3.05, 3.63) is 23.7 Å². The van der Waals surface area contributed by atoms with Crippen LogP contribution < -0.4 is 0 Å². The second kappa shape index (κ2) is 5.02. The van der Waals surface area contributed by atoms with E-state index in [9.17, 15) is 0 Å². The van der Waals surface area contributed by atoms with Crippen LogP contribution in [0.3, 0.4) is 0 Å². The largest absolute Gasteiger partial charge is 0.468 e. The number of furan rings is 1. The molecule has 3 heteroatoms. The Kier molecular flexibility index (Phi) is 3.66. The first-order valence-corrected chi connectivity index (χ1v) is 6.13. The Morgan fingerprint density at radius 3 is 2.50 bits per heavy atom. The van der Waals surface area contributed by atoms with Gasteiger partial charge in [-0.1, -0.05) is 13.8 Å². The summed E-state index contributed by atoms with van der Waals surface area (Å²) in [5, 5.41) is 0. The van der Waals surface area contributed by atoms with Crippen molar-refractivity contribution in [2.75, 3.05) is 33.2 Å². The molecule has 0 saturated carbocycles. The molecular weight excluding hydrogens is 200 g/mol. The van der Waals surface area contributed by atoms with Gasteiger partial charge in [-0.05, 0) is 24.6 Å². The highest BCUT2D eigenvalue weighted by atomic mass is 16.3. The molecule has 2 rings (SSSR count). The molecule has 0 spiro atoms. The Bertz CT molecular complexity index is 324. The summed E-state index contributed by atoms with van der Waals surface area (Å²) < 4.78 is 5.60. The summed E-state index contributed by atoms with van der Waals surface area (Å²) in [6, 6.07) is 2.20. The van der Waals surface area contributed by atoms with Crippen LogP contribution in [-0.4, -0.2) is 43.0 Å². The molecule has 0 unspecified atom stereocenters. The Hall–Kier alpha value is -0.800. The minimum atomic E-state index is 0.560. The maximum absolute atomic E-state index is 5.60. The van der Waals surface area contributed by atoms with Gasteiger partial charge >= 0.3 is 0 Å². The molecule has 16 heavy (non-hydrogen) atoms. The number of likely N-dealkylation sites (N-methyl/N-ethyl adjacent to an activating group) is 1. The van der Waals surface area contributed by atoms with Crippen LogP contribution in [0.25, 0.3) is 0 Å². The van der Waals surface area contributed by atoms with Gasteiger partial charge in [-0.3, -0.25) is 4.90 Å². The highest BCUT2D eigenvalue weighted by Crippen LogP contribution is 2.18. The van der Waals surface area contributed by atoms with Crippen molar-refractivity contribution in [3.8, 4) is 0 Å². The first kappa shape index (κ1) is 11.7. The Morgan fingerprint density at radius 2 is 1.94 bits per heavy atom. The molecule has 1 aliphatic rings. The zero-order valence-electron chi connectivity index (χ0n) is 10.6. The fraction of sp³-hybridized carbons (Fsp3) is 0.692. The molecule has 0 bridgehead atoms. The topological polar surface area (TPSA) is 19.6 Å². The lowest BCUT2D eigenvalue weighted by atomic mass is 10.1. The van der Waals surface area contributed by atoms with E-state index in [4.69, 9.17) is 4.42 Å². The van der Waals surface area contributed by atoms with Crippen LogP contribution >= 0.6 is 0 Å². The van der Waals surface area contributed by atoms with Crippen molar-refractivity contribution in [2.45, 2.75) is 26.3 Å². The first-order valence-electron chi connectivity index (χ1n) is 6.13. The van der Waals surface area contributed by atoms with Crippen LogP contribution in [0.1, 0.15) is 31.1 Å². The summed E-state index contributed by atoms with van der Waals surface area (Å²) in [7, 11) is 2.18. The molecule has 0 radical (unpaired) electrons. The van der Waals surface area contributed by atoms with E-state index < -0.39 is 0 Å². The van der Waals surface area contributed by atoms with Gasteiger partial charge in [-0.2, -0.15) is 0 Å². The van der Waals surface area contributed by atoms with Crippen molar-refractivity contribution in [1.29, 1.82) is 0 Å². The van der Waals surface area contributed by atoms with E-state index in [-0.39, 0.29) is 0 Å². The summed E-state index contributed by atoms with van der Waals surface area (Å²) in [5.41, 5.74) is 1.31. The predicted molar refractivity (Wildman–Crippen MR) is 65.6 cm³/mol. The highest BCUT2D eigenvalue weighted by molar-refractivity contribution is 5.16. The third-order valence-corrected chi connectivity index (χ3v) is 3.32. The van der Waals surface area contributed by atoms with Crippen LogP contribution in [0, 0.1) is 0 Å². The van der Waals surface area contributed by atoms with Crippen molar-refractivity contribution in [2.24, 2.45) is 0 Å². The summed E-state index contributed by atoms with van der Waals surface area (Å²) in [6.45, 7) is 9.98. The van der Waals surface area contributed by atoms with Gasteiger partial charge in [0.2, 0.25) is 0 Å². The normalized spacial score (nSPS) is 19.5. The van der Waals surface area contributed by atoms with E-state index in [1.54, 1.807) is 0 Å². The smallest absolute Gasteiger partial charge is 0.118 e. The van der Waals surface area contributed by atoms with Crippen molar-refractivity contribution < 1.29 is 4.42 Å². The van der Waals surface area contributed by atoms with E-state index in [1.165, 1.54) is 5.56 Å². The molecule has 0 aliphatic carbocycles. The summed E-state index contributed by atoms with van der Waals surface area (Å²) in [4.78, 5) is 4.83. The Balaban J connectivity index is 1.88. The second-order valence-corrected chi connectivity index (χ2v) is 5.08. The number of hydrogen-bond acceptors (Lipinski definition) is 3. The third kappa shape index (κ3) is 2.86. The van der Waals surface area contributed by atoms with Gasteiger partial charge in [-0.25, -0.2) is 0 Å². The number of piperazine rings is 1. The van der Waals surface area contributed by atoms with E-state index in [0.717, 1.165) is 38.5 Å². The van der Waals surface area contributed by atoms with Gasteiger partial charge in [0.1, 0.15) is 5.76 Å². The zero-order valence-corrected chi connectivity index (χ0v) is 10.6. The monoisotopic (exact) mass is 222 g/mol. The molecular formula is C13H22N2O. The molecule has 1 aromatic rings. The molecule has 90 valence electrons. The molecule has 1 aromatic heterocycles. The number of rotatable bonds is 3. The molecule has 1 aliphatic heterocycles. The molecule has 1 saturated heterocycles. The van der Waals surface area contributed by atoms with Crippen molar-refractivity contribution in [1.82, 2.24) is 9.80 Å². The first-order chi connectivity index (χ1) is 7.65. The fourth-order valence-corrected chi connectivity index (χ4v) is 2.01. The highest BCUT2D eigenvalue weighted by Gasteiger charge is 2.15. The molecule has 0 N–H and O–H groups in total. The Morgan fingerprint density at radius 1 is 1.25 bits per heavy atom. The maximum atomic E-state index is 5.60. The lowest BCUT2D eigenvalue weighted by molar-refractivity contribution is 0.140. The van der Waals surface area contributed by atoms with Crippen LogP contribution in [0.4, 0.5) is 0 Å². The quantitative estimate of drug-likeness (QED) is 0.781. The number of nitrogens with zero attached hydrogens (tertiary/aromatic N) is 2.